The highest BCUT2D eigenvalue weighted by molar-refractivity contribution is 7.82. The lowest BCUT2D eigenvalue weighted by Crippen LogP contribution is -2.19. The van der Waals surface area contributed by atoms with Gasteiger partial charge in [0, 0.05) is 43.5 Å². The lowest BCUT2D eigenvalue weighted by molar-refractivity contribution is 0.586. The summed E-state index contributed by atoms with van der Waals surface area (Å²) >= 11 is 0. The zero-order valence-corrected chi connectivity index (χ0v) is 31.2. The van der Waals surface area contributed by atoms with Crippen molar-refractivity contribution < 1.29 is 4.57 Å². The second-order valence-corrected chi connectivity index (χ2v) is 17.5. The van der Waals surface area contributed by atoms with Gasteiger partial charge in [0.25, 0.3) is 0 Å². The van der Waals surface area contributed by atoms with E-state index in [2.05, 4.69) is 175 Å². The molecule has 260 valence electrons. The summed E-state index contributed by atoms with van der Waals surface area (Å²) in [6.07, 6.45) is 7.13. The van der Waals surface area contributed by atoms with Crippen molar-refractivity contribution in [3.8, 4) is 22.5 Å². The molecule has 0 amide bonds. The van der Waals surface area contributed by atoms with Crippen molar-refractivity contribution >= 4 is 61.4 Å². The highest BCUT2D eigenvalue weighted by atomic mass is 31.2. The molecule has 0 fully saturated rings. The number of fused-ring (bicyclic) bond motifs is 6. The predicted molar refractivity (Wildman–Crippen MR) is 230 cm³/mol. The molecule has 0 spiro atoms. The number of hydrogen-bond acceptors (Lipinski definition) is 1. The van der Waals surface area contributed by atoms with Crippen LogP contribution in [0.1, 0.15) is 18.9 Å². The Bertz CT molecular complexity index is 3000. The van der Waals surface area contributed by atoms with E-state index < -0.39 is 7.14 Å². The van der Waals surface area contributed by atoms with Crippen LogP contribution in [0.2, 0.25) is 0 Å². The van der Waals surface area contributed by atoms with Gasteiger partial charge in [-0.3, -0.25) is 0 Å². The lowest BCUT2D eigenvalue weighted by Gasteiger charge is -2.26. The van der Waals surface area contributed by atoms with Gasteiger partial charge in [-0.15, -0.1) is 0 Å². The minimum absolute atomic E-state index is 0.352. The standard InChI is InChI=1S/C50H39N2OP/c1-34-19-23-38(24-20-34)51-47-17-8-6-15-43(47)45-32-36(21-29-49(45)51)37-22-30-50-46(33-37)44-16-7-9-18-48(44)52(50)39-25-27-41(28-26-39)54(53,40-12-4-3-5-13-40)42-14-10-11-35(2)31-42/h3-30,32-33,35H,31H2,1-2H3. The first-order chi connectivity index (χ1) is 26.5. The minimum atomic E-state index is -3.02. The summed E-state index contributed by atoms with van der Waals surface area (Å²) in [5, 5.41) is 7.67. The van der Waals surface area contributed by atoms with E-state index in [4.69, 9.17) is 0 Å². The van der Waals surface area contributed by atoms with E-state index in [-0.39, 0.29) is 0 Å². The normalized spacial score (nSPS) is 15.6. The first-order valence-electron chi connectivity index (χ1n) is 18.8. The molecule has 2 aromatic heterocycles. The van der Waals surface area contributed by atoms with Crippen molar-refractivity contribution in [1.29, 1.82) is 0 Å². The number of para-hydroxylation sites is 2. The van der Waals surface area contributed by atoms with Gasteiger partial charge in [0.1, 0.15) is 0 Å². The van der Waals surface area contributed by atoms with Crippen molar-refractivity contribution in [2.45, 2.75) is 20.3 Å². The van der Waals surface area contributed by atoms with E-state index >= 15 is 4.57 Å². The molecule has 1 aliphatic rings. The summed E-state index contributed by atoms with van der Waals surface area (Å²) in [7, 11) is -3.02. The van der Waals surface area contributed by atoms with Gasteiger partial charge in [0.05, 0.1) is 22.1 Å². The van der Waals surface area contributed by atoms with E-state index in [1.165, 1.54) is 55.0 Å². The number of hydrogen-bond donors (Lipinski definition) is 0. The quantitative estimate of drug-likeness (QED) is 0.158. The van der Waals surface area contributed by atoms with Crippen LogP contribution < -0.4 is 10.6 Å². The number of benzene rings is 7. The third-order valence-corrected chi connectivity index (χ3v) is 14.4. The average molecular weight is 715 g/mol. The van der Waals surface area contributed by atoms with Gasteiger partial charge < -0.3 is 13.7 Å². The van der Waals surface area contributed by atoms with E-state index in [0.717, 1.165) is 39.1 Å². The highest BCUT2D eigenvalue weighted by Crippen LogP contribution is 2.55. The molecule has 0 saturated carbocycles. The number of rotatable bonds is 6. The van der Waals surface area contributed by atoms with E-state index in [1.807, 2.05) is 30.3 Å². The van der Waals surface area contributed by atoms with Crippen LogP contribution in [0.25, 0.3) is 66.1 Å². The molecule has 3 nitrogen and oxygen atoms in total. The van der Waals surface area contributed by atoms with Gasteiger partial charge in [0.2, 0.25) is 0 Å². The van der Waals surface area contributed by atoms with E-state index in [1.54, 1.807) is 0 Å². The number of aromatic nitrogens is 2. The van der Waals surface area contributed by atoms with Crippen molar-refractivity contribution in [2.24, 2.45) is 5.92 Å². The molecule has 0 N–H and O–H groups in total. The Morgan fingerprint density at radius 2 is 1.00 bits per heavy atom. The molecule has 0 radical (unpaired) electrons. The van der Waals surface area contributed by atoms with Crippen molar-refractivity contribution in [3.63, 3.8) is 0 Å². The number of allylic oxidation sites excluding steroid dienone is 4. The molecule has 9 aromatic rings. The zero-order chi connectivity index (χ0) is 36.4. The van der Waals surface area contributed by atoms with Crippen LogP contribution in [0.5, 0.6) is 0 Å². The van der Waals surface area contributed by atoms with Crippen LogP contribution in [-0.2, 0) is 4.57 Å². The van der Waals surface area contributed by atoms with Gasteiger partial charge in [-0.2, -0.15) is 0 Å². The molecule has 0 bridgehead atoms. The third kappa shape index (κ3) is 5.15. The molecule has 0 saturated heterocycles. The van der Waals surface area contributed by atoms with Gasteiger partial charge in [-0.1, -0.05) is 122 Å². The summed E-state index contributed by atoms with van der Waals surface area (Å²) in [4.78, 5) is 0. The van der Waals surface area contributed by atoms with E-state index in [0.29, 0.717) is 5.92 Å². The maximum absolute atomic E-state index is 15.2. The fourth-order valence-corrected chi connectivity index (χ4v) is 11.5. The molecular formula is C50H39N2OP. The van der Waals surface area contributed by atoms with Crippen molar-refractivity contribution in [2.75, 3.05) is 0 Å². The maximum atomic E-state index is 15.2. The Morgan fingerprint density at radius 3 is 1.56 bits per heavy atom. The fourth-order valence-electron chi connectivity index (χ4n) is 8.54. The lowest BCUT2D eigenvalue weighted by atomic mass is 10.0. The largest absolute Gasteiger partial charge is 0.309 e. The molecular weight excluding hydrogens is 676 g/mol. The fraction of sp³-hybridized carbons (Fsp3) is 0.0800. The topological polar surface area (TPSA) is 26.9 Å². The molecule has 0 aliphatic heterocycles. The predicted octanol–water partition coefficient (Wildman–Crippen LogP) is 12.7. The van der Waals surface area contributed by atoms with E-state index in [9.17, 15) is 0 Å². The summed E-state index contributed by atoms with van der Waals surface area (Å²) in [6, 6.07) is 58.3. The summed E-state index contributed by atoms with van der Waals surface area (Å²) in [6.45, 7) is 4.32. The average Bonchev–Trinajstić information content (AvgIpc) is 3.73. The van der Waals surface area contributed by atoms with Crippen LogP contribution in [-0.4, -0.2) is 9.13 Å². The molecule has 2 unspecified atom stereocenters. The van der Waals surface area contributed by atoms with Crippen LogP contribution in [0.15, 0.2) is 187 Å². The molecule has 2 atom stereocenters. The van der Waals surface area contributed by atoms with Gasteiger partial charge >= 0.3 is 0 Å². The van der Waals surface area contributed by atoms with Gasteiger partial charge in [-0.25, -0.2) is 0 Å². The van der Waals surface area contributed by atoms with Crippen LogP contribution >= 0.6 is 7.14 Å². The smallest absolute Gasteiger partial charge is 0.167 e. The highest BCUT2D eigenvalue weighted by Gasteiger charge is 2.33. The molecule has 2 heterocycles. The monoisotopic (exact) mass is 714 g/mol. The maximum Gasteiger partial charge on any atom is 0.167 e. The molecule has 10 rings (SSSR count). The summed E-state index contributed by atoms with van der Waals surface area (Å²) in [5.74, 6) is 0.352. The second-order valence-electron chi connectivity index (χ2n) is 14.7. The molecule has 54 heavy (non-hydrogen) atoms. The van der Waals surface area contributed by atoms with Crippen molar-refractivity contribution in [3.05, 3.63) is 193 Å². The second kappa shape index (κ2) is 12.8. The molecule has 4 heteroatoms. The van der Waals surface area contributed by atoms with Gasteiger partial charge in [-0.05, 0) is 108 Å². The number of aryl methyl sites for hydroxylation is 1. The van der Waals surface area contributed by atoms with Crippen LogP contribution in [0.3, 0.4) is 0 Å². The first kappa shape index (κ1) is 32.5. The Kier molecular flexibility index (Phi) is 7.68. The Balaban J connectivity index is 1.09. The Hall–Kier alpha value is -6.15. The molecule has 1 aliphatic carbocycles. The first-order valence-corrected chi connectivity index (χ1v) is 20.5. The zero-order valence-electron chi connectivity index (χ0n) is 30.4. The van der Waals surface area contributed by atoms with Crippen molar-refractivity contribution in [1.82, 2.24) is 9.13 Å². The Morgan fingerprint density at radius 1 is 0.519 bits per heavy atom. The Labute approximate surface area is 315 Å². The SMILES string of the molecule is Cc1ccc(-n2c3ccccc3c3cc(-c4ccc5c(c4)c4ccccc4n5-c4ccc(P(=O)(C5=CC=CC(C)C5)c5ccccc5)cc4)ccc32)cc1. The van der Waals surface area contributed by atoms with Crippen LogP contribution in [0, 0.1) is 12.8 Å². The minimum Gasteiger partial charge on any atom is -0.309 e. The summed E-state index contributed by atoms with van der Waals surface area (Å²) < 4.78 is 20.0. The summed E-state index contributed by atoms with van der Waals surface area (Å²) in [5.41, 5.74) is 10.5. The van der Waals surface area contributed by atoms with Gasteiger partial charge in [0.15, 0.2) is 7.14 Å². The molecule has 7 aromatic carbocycles. The van der Waals surface area contributed by atoms with Crippen LogP contribution in [0.4, 0.5) is 0 Å². The third-order valence-electron chi connectivity index (χ3n) is 11.2. The number of nitrogens with zero attached hydrogens (tertiary/aromatic N) is 2.